The fraction of sp³-hybridized carbons (Fsp3) is 0.100. The maximum atomic E-state index is 10.2. The minimum Gasteiger partial charge on any atom is -0.507 e. The van der Waals surface area contributed by atoms with Crippen molar-refractivity contribution in [3.8, 4) is 11.5 Å². The Morgan fingerprint density at radius 3 is 2.79 bits per heavy atom. The van der Waals surface area contributed by atoms with Crippen LogP contribution in [0.2, 0.25) is 0 Å². The highest BCUT2D eigenvalue weighted by Crippen LogP contribution is 2.23. The second-order valence-corrected chi connectivity index (χ2v) is 2.60. The zero-order chi connectivity index (χ0) is 10.6. The Hall–Kier alpha value is -1.97. The molecule has 0 atom stereocenters. The Balaban J connectivity index is 3.00. The highest BCUT2D eigenvalue weighted by molar-refractivity contribution is 5.86. The number of aliphatic carboxylic acids is 1. The molecular formula is C10H10O4. The van der Waals surface area contributed by atoms with Gasteiger partial charge in [-0.2, -0.15) is 0 Å². The molecule has 14 heavy (non-hydrogen) atoms. The van der Waals surface area contributed by atoms with E-state index < -0.39 is 5.97 Å². The van der Waals surface area contributed by atoms with Crippen molar-refractivity contribution in [2.75, 3.05) is 7.11 Å². The first-order valence-electron chi connectivity index (χ1n) is 3.91. The smallest absolute Gasteiger partial charge is 0.328 e. The minimum atomic E-state index is -1.06. The molecule has 0 bridgehead atoms. The summed E-state index contributed by atoms with van der Waals surface area (Å²) in [5.41, 5.74) is 0.409. The summed E-state index contributed by atoms with van der Waals surface area (Å²) in [6, 6.07) is 4.59. The summed E-state index contributed by atoms with van der Waals surface area (Å²) in [5, 5.41) is 17.7. The van der Waals surface area contributed by atoms with Crippen molar-refractivity contribution in [1.82, 2.24) is 0 Å². The molecule has 0 saturated heterocycles. The molecular weight excluding hydrogens is 184 g/mol. The van der Waals surface area contributed by atoms with Crippen LogP contribution < -0.4 is 4.74 Å². The molecule has 2 N–H and O–H groups in total. The van der Waals surface area contributed by atoms with Gasteiger partial charge in [-0.05, 0) is 24.3 Å². The highest BCUT2D eigenvalue weighted by Gasteiger charge is 2.00. The molecule has 0 radical (unpaired) electrons. The lowest BCUT2D eigenvalue weighted by Crippen LogP contribution is -1.87. The molecule has 4 heteroatoms. The van der Waals surface area contributed by atoms with Crippen LogP contribution in [0.1, 0.15) is 5.56 Å². The first kappa shape index (κ1) is 10.1. The molecule has 1 aromatic carbocycles. The van der Waals surface area contributed by atoms with Crippen LogP contribution in [0.3, 0.4) is 0 Å². The summed E-state index contributed by atoms with van der Waals surface area (Å²) in [6.45, 7) is 0. The highest BCUT2D eigenvalue weighted by atomic mass is 16.5. The Morgan fingerprint density at radius 1 is 1.50 bits per heavy atom. The third-order valence-corrected chi connectivity index (χ3v) is 1.64. The minimum absolute atomic E-state index is 0.0169. The van der Waals surface area contributed by atoms with Gasteiger partial charge in [-0.15, -0.1) is 0 Å². The van der Waals surface area contributed by atoms with E-state index in [1.54, 1.807) is 12.1 Å². The Bertz CT molecular complexity index is 368. The molecule has 1 aromatic rings. The first-order chi connectivity index (χ1) is 6.63. The molecule has 1 rings (SSSR count). The van der Waals surface area contributed by atoms with E-state index >= 15 is 0 Å². The van der Waals surface area contributed by atoms with Crippen molar-refractivity contribution < 1.29 is 19.7 Å². The van der Waals surface area contributed by atoms with Crippen LogP contribution in [-0.2, 0) is 4.79 Å². The van der Waals surface area contributed by atoms with Gasteiger partial charge in [-0.1, -0.05) is 0 Å². The molecule has 0 amide bonds. The van der Waals surface area contributed by atoms with Gasteiger partial charge in [0.05, 0.1) is 7.11 Å². The molecule has 0 aliphatic rings. The summed E-state index contributed by atoms with van der Waals surface area (Å²) in [6.07, 6.45) is 2.26. The molecule has 0 heterocycles. The second kappa shape index (κ2) is 4.32. The van der Waals surface area contributed by atoms with Crippen LogP contribution in [0, 0.1) is 0 Å². The third kappa shape index (κ3) is 2.52. The number of ether oxygens (including phenoxy) is 1. The maximum absolute atomic E-state index is 10.2. The molecule has 4 nitrogen and oxygen atoms in total. The number of methoxy groups -OCH3 is 1. The van der Waals surface area contributed by atoms with E-state index in [2.05, 4.69) is 0 Å². The molecule has 0 aliphatic carbocycles. The molecule has 0 aliphatic heterocycles. The normalized spacial score (nSPS) is 10.4. The van der Waals surface area contributed by atoms with Crippen molar-refractivity contribution >= 4 is 12.0 Å². The monoisotopic (exact) mass is 194 g/mol. The van der Waals surface area contributed by atoms with Gasteiger partial charge in [-0.3, -0.25) is 0 Å². The first-order valence-corrected chi connectivity index (χ1v) is 3.91. The summed E-state index contributed by atoms with van der Waals surface area (Å²) in [5.74, 6) is -0.483. The predicted molar refractivity (Wildman–Crippen MR) is 51.3 cm³/mol. The largest absolute Gasteiger partial charge is 0.507 e. The van der Waals surface area contributed by atoms with Crippen LogP contribution >= 0.6 is 0 Å². The van der Waals surface area contributed by atoms with Crippen LogP contribution in [0.4, 0.5) is 0 Å². The van der Waals surface area contributed by atoms with E-state index in [0.717, 1.165) is 6.08 Å². The summed E-state index contributed by atoms with van der Waals surface area (Å²) < 4.78 is 4.92. The topological polar surface area (TPSA) is 66.8 Å². The van der Waals surface area contributed by atoms with E-state index in [1.165, 1.54) is 19.3 Å². The molecule has 0 unspecified atom stereocenters. The maximum Gasteiger partial charge on any atom is 0.328 e. The number of phenolic OH excluding ortho intramolecular Hbond substituents is 1. The van der Waals surface area contributed by atoms with Gasteiger partial charge in [0, 0.05) is 11.6 Å². The van der Waals surface area contributed by atoms with Gasteiger partial charge < -0.3 is 14.9 Å². The molecule has 74 valence electrons. The van der Waals surface area contributed by atoms with E-state index in [0.29, 0.717) is 11.3 Å². The summed E-state index contributed by atoms with van der Waals surface area (Å²) in [4.78, 5) is 10.2. The lowest BCUT2D eigenvalue weighted by atomic mass is 10.2. The zero-order valence-electron chi connectivity index (χ0n) is 7.60. The third-order valence-electron chi connectivity index (χ3n) is 1.64. The summed E-state index contributed by atoms with van der Waals surface area (Å²) in [7, 11) is 1.50. The Kier molecular flexibility index (Phi) is 3.12. The van der Waals surface area contributed by atoms with Gasteiger partial charge in [0.2, 0.25) is 0 Å². The average molecular weight is 194 g/mol. The quantitative estimate of drug-likeness (QED) is 0.715. The number of hydrogen-bond acceptors (Lipinski definition) is 3. The number of carboxylic acids is 1. The number of phenols is 1. The molecule has 0 spiro atoms. The van der Waals surface area contributed by atoms with Crippen LogP contribution in [0.25, 0.3) is 6.08 Å². The van der Waals surface area contributed by atoms with E-state index in [1.807, 2.05) is 0 Å². The van der Waals surface area contributed by atoms with Crippen molar-refractivity contribution in [2.24, 2.45) is 0 Å². The fourth-order valence-electron chi connectivity index (χ4n) is 0.954. The summed E-state index contributed by atoms with van der Waals surface area (Å²) >= 11 is 0. The van der Waals surface area contributed by atoms with E-state index in [9.17, 15) is 9.90 Å². The number of carboxylic acid groups (broad SMARTS) is 1. The average Bonchev–Trinajstić information content (AvgIpc) is 2.16. The van der Waals surface area contributed by atoms with Crippen molar-refractivity contribution in [3.63, 3.8) is 0 Å². The lowest BCUT2D eigenvalue weighted by Gasteiger charge is -2.02. The van der Waals surface area contributed by atoms with E-state index in [4.69, 9.17) is 9.84 Å². The SMILES string of the molecule is COc1ccc(O)c(C=CC(=O)O)c1. The predicted octanol–water partition coefficient (Wildman–Crippen LogP) is 1.50. The van der Waals surface area contributed by atoms with E-state index in [-0.39, 0.29) is 5.75 Å². The fourth-order valence-corrected chi connectivity index (χ4v) is 0.954. The molecule has 0 saturated carbocycles. The lowest BCUT2D eigenvalue weighted by molar-refractivity contribution is -0.131. The number of carbonyl (C=O) groups is 1. The van der Waals surface area contributed by atoms with Crippen molar-refractivity contribution in [3.05, 3.63) is 29.8 Å². The second-order valence-electron chi connectivity index (χ2n) is 2.60. The van der Waals surface area contributed by atoms with Crippen LogP contribution in [-0.4, -0.2) is 23.3 Å². The van der Waals surface area contributed by atoms with Gasteiger partial charge in [0.1, 0.15) is 11.5 Å². The number of hydrogen-bond donors (Lipinski definition) is 2. The molecule has 0 fully saturated rings. The van der Waals surface area contributed by atoms with Gasteiger partial charge in [-0.25, -0.2) is 4.79 Å². The zero-order valence-corrected chi connectivity index (χ0v) is 7.60. The van der Waals surface area contributed by atoms with Crippen molar-refractivity contribution in [2.45, 2.75) is 0 Å². The van der Waals surface area contributed by atoms with Gasteiger partial charge in [0.25, 0.3) is 0 Å². The number of rotatable bonds is 3. The Morgan fingerprint density at radius 2 is 2.21 bits per heavy atom. The van der Waals surface area contributed by atoms with Gasteiger partial charge in [0.15, 0.2) is 0 Å². The van der Waals surface area contributed by atoms with Crippen molar-refractivity contribution in [1.29, 1.82) is 0 Å². The number of benzene rings is 1. The standard InChI is InChI=1S/C10H10O4/c1-14-8-3-4-9(11)7(6-8)2-5-10(12)13/h2-6,11H,1H3,(H,12,13). The Labute approximate surface area is 81.1 Å². The van der Waals surface area contributed by atoms with Crippen LogP contribution in [0.5, 0.6) is 11.5 Å². The molecule has 0 aromatic heterocycles. The van der Waals surface area contributed by atoms with Gasteiger partial charge >= 0.3 is 5.97 Å². The number of aromatic hydroxyl groups is 1. The van der Waals surface area contributed by atoms with Crippen LogP contribution in [0.15, 0.2) is 24.3 Å².